The quantitative estimate of drug-likeness (QED) is 0.703. The van der Waals surface area contributed by atoms with Crippen molar-refractivity contribution in [3.8, 4) is 0 Å². The van der Waals surface area contributed by atoms with Gasteiger partial charge in [0.1, 0.15) is 6.61 Å². The molecule has 27 heavy (non-hydrogen) atoms. The number of nitrogens with two attached hydrogens (primary N) is 1. The van der Waals surface area contributed by atoms with Crippen molar-refractivity contribution in [2.45, 2.75) is 39.8 Å². The van der Waals surface area contributed by atoms with E-state index in [1.165, 1.54) is 5.56 Å². The minimum absolute atomic E-state index is 0.0230. The van der Waals surface area contributed by atoms with E-state index in [4.69, 9.17) is 20.4 Å². The number of ketones is 1. The van der Waals surface area contributed by atoms with Crippen LogP contribution >= 0.6 is 0 Å². The largest absolute Gasteiger partial charge is 0.481 e. The summed E-state index contributed by atoms with van der Waals surface area (Å²) < 4.78 is 5.55. The van der Waals surface area contributed by atoms with Crippen LogP contribution in [0.3, 0.4) is 0 Å². The molecule has 0 saturated carbocycles. The summed E-state index contributed by atoms with van der Waals surface area (Å²) in [4.78, 5) is 21.1. The van der Waals surface area contributed by atoms with Crippen LogP contribution in [-0.2, 0) is 33.9 Å². The SMILES string of the molecule is CC(=O)O.C[C@H](CCc1ccccc1)C(=O)COCc1ccc(CN)cc1. The predicted octanol–water partition coefficient (Wildman–Crippen LogP) is 3.59. The monoisotopic (exact) mass is 371 g/mol. The number of carboxylic acids is 1. The molecule has 0 spiro atoms. The number of hydrogen-bond acceptors (Lipinski definition) is 4. The van der Waals surface area contributed by atoms with Gasteiger partial charge < -0.3 is 15.6 Å². The number of carbonyl (C=O) groups is 2. The molecule has 5 nitrogen and oxygen atoms in total. The van der Waals surface area contributed by atoms with Gasteiger partial charge >= 0.3 is 0 Å². The zero-order valence-corrected chi connectivity index (χ0v) is 16.1. The lowest BCUT2D eigenvalue weighted by Crippen LogP contribution is -2.18. The Kier molecular flexibility index (Phi) is 10.7. The van der Waals surface area contributed by atoms with E-state index >= 15 is 0 Å². The Morgan fingerprint density at radius 1 is 1.00 bits per heavy atom. The lowest BCUT2D eigenvalue weighted by molar-refractivity contribution is -0.134. The van der Waals surface area contributed by atoms with E-state index in [1.807, 2.05) is 49.4 Å². The number of aliphatic carboxylic acids is 1. The summed E-state index contributed by atoms with van der Waals surface area (Å²) in [5.74, 6) is -0.644. The lowest BCUT2D eigenvalue weighted by atomic mass is 9.98. The fraction of sp³-hybridized carbons (Fsp3) is 0.364. The molecule has 0 fully saturated rings. The molecular weight excluding hydrogens is 342 g/mol. The Hall–Kier alpha value is -2.50. The fourth-order valence-electron chi connectivity index (χ4n) is 2.37. The van der Waals surface area contributed by atoms with Gasteiger partial charge in [-0.1, -0.05) is 61.5 Å². The third kappa shape index (κ3) is 10.3. The van der Waals surface area contributed by atoms with Crippen molar-refractivity contribution in [1.82, 2.24) is 0 Å². The number of carbonyl (C=O) groups excluding carboxylic acids is 1. The Bertz CT molecular complexity index is 679. The number of ether oxygens (including phenoxy) is 1. The number of carboxylic acid groups (broad SMARTS) is 1. The van der Waals surface area contributed by atoms with Gasteiger partial charge in [0.15, 0.2) is 5.78 Å². The van der Waals surface area contributed by atoms with E-state index in [-0.39, 0.29) is 18.3 Å². The normalized spacial score (nSPS) is 11.2. The first-order chi connectivity index (χ1) is 12.9. The molecular formula is C22H29NO4. The fourth-order valence-corrected chi connectivity index (χ4v) is 2.37. The van der Waals surface area contributed by atoms with Gasteiger partial charge in [0.05, 0.1) is 6.61 Å². The number of aryl methyl sites for hydroxylation is 1. The Balaban J connectivity index is 0.000000828. The lowest BCUT2D eigenvalue weighted by Gasteiger charge is -2.11. The maximum atomic E-state index is 12.1. The van der Waals surface area contributed by atoms with Crippen molar-refractivity contribution >= 4 is 11.8 Å². The summed E-state index contributed by atoms with van der Waals surface area (Å²) in [6, 6.07) is 18.2. The van der Waals surface area contributed by atoms with Crippen LogP contribution in [0, 0.1) is 5.92 Å². The second-order valence-electron chi connectivity index (χ2n) is 6.42. The Morgan fingerprint density at radius 2 is 1.56 bits per heavy atom. The van der Waals surface area contributed by atoms with E-state index in [1.54, 1.807) is 0 Å². The standard InChI is InChI=1S/C20H25NO2.C2H4O2/c1-16(7-8-17-5-3-2-4-6-17)20(22)15-23-14-19-11-9-18(13-21)10-12-19;1-2(3)4/h2-6,9-12,16H,7-8,13-15,21H2,1H3;1H3,(H,3,4)/t16-;/m1./s1. The van der Waals surface area contributed by atoms with Crippen molar-refractivity contribution in [2.75, 3.05) is 6.61 Å². The Labute approximate surface area is 161 Å². The van der Waals surface area contributed by atoms with Crippen LogP contribution < -0.4 is 5.73 Å². The highest BCUT2D eigenvalue weighted by atomic mass is 16.5. The summed E-state index contributed by atoms with van der Waals surface area (Å²) in [5.41, 5.74) is 9.00. The van der Waals surface area contributed by atoms with Gasteiger partial charge in [0.25, 0.3) is 5.97 Å². The number of benzene rings is 2. The van der Waals surface area contributed by atoms with Crippen LogP contribution in [0.4, 0.5) is 0 Å². The van der Waals surface area contributed by atoms with E-state index < -0.39 is 5.97 Å². The second-order valence-corrected chi connectivity index (χ2v) is 6.42. The third-order valence-corrected chi connectivity index (χ3v) is 4.03. The molecule has 2 aromatic carbocycles. The molecule has 0 aliphatic heterocycles. The van der Waals surface area contributed by atoms with Crippen molar-refractivity contribution in [1.29, 1.82) is 0 Å². The maximum Gasteiger partial charge on any atom is 0.300 e. The number of Topliss-reactive ketones (excluding diaryl/α,β-unsaturated/α-hetero) is 1. The molecule has 3 N–H and O–H groups in total. The van der Waals surface area contributed by atoms with Gasteiger partial charge in [0.2, 0.25) is 0 Å². The molecule has 0 radical (unpaired) electrons. The highest BCUT2D eigenvalue weighted by Crippen LogP contribution is 2.11. The summed E-state index contributed by atoms with van der Waals surface area (Å²) in [7, 11) is 0. The molecule has 0 aliphatic rings. The van der Waals surface area contributed by atoms with Crippen molar-refractivity contribution in [3.05, 3.63) is 71.3 Å². The summed E-state index contributed by atoms with van der Waals surface area (Å²) >= 11 is 0. The number of hydrogen-bond donors (Lipinski definition) is 2. The molecule has 0 heterocycles. The van der Waals surface area contributed by atoms with Crippen LogP contribution in [0.15, 0.2) is 54.6 Å². The first-order valence-corrected chi connectivity index (χ1v) is 9.04. The topological polar surface area (TPSA) is 89.6 Å². The molecule has 0 aliphatic carbocycles. The molecule has 0 unspecified atom stereocenters. The maximum absolute atomic E-state index is 12.1. The van der Waals surface area contributed by atoms with Crippen LogP contribution in [0.5, 0.6) is 0 Å². The van der Waals surface area contributed by atoms with Crippen LogP contribution in [0.25, 0.3) is 0 Å². The van der Waals surface area contributed by atoms with Gasteiger partial charge in [-0.15, -0.1) is 0 Å². The van der Waals surface area contributed by atoms with E-state index in [9.17, 15) is 4.79 Å². The highest BCUT2D eigenvalue weighted by molar-refractivity contribution is 5.81. The molecule has 5 heteroatoms. The van der Waals surface area contributed by atoms with Gasteiger partial charge in [0, 0.05) is 19.4 Å². The molecule has 2 aromatic rings. The first-order valence-electron chi connectivity index (χ1n) is 9.04. The first kappa shape index (κ1) is 22.5. The van der Waals surface area contributed by atoms with Crippen LogP contribution in [-0.4, -0.2) is 23.5 Å². The van der Waals surface area contributed by atoms with Crippen molar-refractivity contribution in [2.24, 2.45) is 11.7 Å². The van der Waals surface area contributed by atoms with Crippen LogP contribution in [0.1, 0.15) is 37.0 Å². The smallest absolute Gasteiger partial charge is 0.300 e. The minimum atomic E-state index is -0.833. The summed E-state index contributed by atoms with van der Waals surface area (Å²) in [6.45, 7) is 4.24. The molecule has 146 valence electrons. The van der Waals surface area contributed by atoms with Crippen molar-refractivity contribution in [3.63, 3.8) is 0 Å². The van der Waals surface area contributed by atoms with Gasteiger partial charge in [-0.25, -0.2) is 0 Å². The van der Waals surface area contributed by atoms with Gasteiger partial charge in [-0.05, 0) is 29.5 Å². The van der Waals surface area contributed by atoms with Crippen molar-refractivity contribution < 1.29 is 19.4 Å². The zero-order valence-electron chi connectivity index (χ0n) is 16.1. The van der Waals surface area contributed by atoms with Gasteiger partial charge in [-0.3, -0.25) is 9.59 Å². The van der Waals surface area contributed by atoms with Crippen LogP contribution in [0.2, 0.25) is 0 Å². The molecule has 0 aromatic heterocycles. The summed E-state index contributed by atoms with van der Waals surface area (Å²) in [6.07, 6.45) is 1.78. The van der Waals surface area contributed by atoms with E-state index in [2.05, 4.69) is 12.1 Å². The second kappa shape index (κ2) is 12.8. The average Bonchev–Trinajstić information content (AvgIpc) is 2.67. The van der Waals surface area contributed by atoms with E-state index in [0.29, 0.717) is 13.2 Å². The van der Waals surface area contributed by atoms with Gasteiger partial charge in [-0.2, -0.15) is 0 Å². The minimum Gasteiger partial charge on any atom is -0.481 e. The Morgan fingerprint density at radius 3 is 2.11 bits per heavy atom. The third-order valence-electron chi connectivity index (χ3n) is 4.03. The molecule has 1 atom stereocenters. The average molecular weight is 371 g/mol. The molecule has 0 bridgehead atoms. The van der Waals surface area contributed by atoms with E-state index in [0.717, 1.165) is 30.9 Å². The molecule has 0 saturated heterocycles. The number of rotatable bonds is 9. The highest BCUT2D eigenvalue weighted by Gasteiger charge is 2.13. The summed E-state index contributed by atoms with van der Waals surface area (Å²) in [5, 5.41) is 7.42. The zero-order chi connectivity index (χ0) is 20.1. The molecule has 2 rings (SSSR count). The predicted molar refractivity (Wildman–Crippen MR) is 106 cm³/mol. The molecule has 0 amide bonds.